The van der Waals surface area contributed by atoms with Gasteiger partial charge in [0.15, 0.2) is 8.32 Å². The van der Waals surface area contributed by atoms with Gasteiger partial charge in [-0.2, -0.15) is 0 Å². The van der Waals surface area contributed by atoms with E-state index in [0.29, 0.717) is 47.0 Å². The van der Waals surface area contributed by atoms with Crippen molar-refractivity contribution in [2.24, 2.45) is 51.5 Å². The third-order valence-electron chi connectivity index (χ3n) is 11.2. The molecule has 0 saturated heterocycles. The van der Waals surface area contributed by atoms with Crippen molar-refractivity contribution < 1.29 is 18.5 Å². The number of nitrogens with zero attached hydrogens (tertiary/aromatic N) is 1. The molecule has 0 spiro atoms. The van der Waals surface area contributed by atoms with E-state index in [0.717, 1.165) is 31.1 Å². The van der Waals surface area contributed by atoms with E-state index in [-0.39, 0.29) is 5.97 Å². The van der Waals surface area contributed by atoms with Crippen LogP contribution in [-0.2, 0) is 18.5 Å². The van der Waals surface area contributed by atoms with Gasteiger partial charge in [-0.25, -0.2) is 0 Å². The fourth-order valence-corrected chi connectivity index (χ4v) is 11.1. The van der Waals surface area contributed by atoms with Crippen LogP contribution in [0.25, 0.3) is 0 Å². The minimum Gasteiger partial charge on any atom is -0.469 e. The Morgan fingerprint density at radius 2 is 1.68 bits per heavy atom. The Hall–Kier alpha value is -0.666. The van der Waals surface area contributed by atoms with Gasteiger partial charge >= 0.3 is 5.97 Å². The molecule has 0 aromatic heterocycles. The van der Waals surface area contributed by atoms with Crippen LogP contribution in [0, 0.1) is 46.3 Å². The predicted octanol–water partition coefficient (Wildman–Crippen LogP) is 8.27. The molecule has 0 radical (unpaired) electrons. The molecule has 7 heteroatoms. The fraction of sp³-hybridized carbons (Fsp3) is 0.935. The summed E-state index contributed by atoms with van der Waals surface area (Å²) in [7, 11) is -1.85. The second kappa shape index (κ2) is 11.0. The zero-order valence-electron chi connectivity index (χ0n) is 26.2. The second-order valence-corrected chi connectivity index (χ2v) is 24.8. The fourth-order valence-electron chi connectivity index (χ4n) is 9.49. The summed E-state index contributed by atoms with van der Waals surface area (Å²) in [5.41, 5.74) is 2.02. The van der Waals surface area contributed by atoms with Gasteiger partial charge in [0.25, 0.3) is 8.32 Å². The number of carbonyl (C=O) groups is 1. The minimum absolute atomic E-state index is 0.0643. The molecule has 0 aromatic carbocycles. The van der Waals surface area contributed by atoms with Gasteiger partial charge < -0.3 is 13.7 Å². The molecule has 0 aliphatic heterocycles. The highest BCUT2D eigenvalue weighted by atomic mass is 28.4. The Bertz CT molecular complexity index is 895. The van der Waals surface area contributed by atoms with Gasteiger partial charge in [-0.1, -0.05) is 20.8 Å². The lowest BCUT2D eigenvalue weighted by atomic mass is 9.43. The summed E-state index contributed by atoms with van der Waals surface area (Å²) in [5, 5.41) is 4.72. The maximum absolute atomic E-state index is 11.9. The lowest BCUT2D eigenvalue weighted by Gasteiger charge is -2.63. The van der Waals surface area contributed by atoms with Crippen molar-refractivity contribution in [2.75, 3.05) is 7.11 Å². The van der Waals surface area contributed by atoms with E-state index in [1.54, 1.807) is 0 Å². The molecule has 218 valence electrons. The Balaban J connectivity index is 1.59. The van der Waals surface area contributed by atoms with Crippen molar-refractivity contribution in [3.8, 4) is 0 Å². The van der Waals surface area contributed by atoms with Crippen molar-refractivity contribution in [3.63, 3.8) is 0 Å². The summed E-state index contributed by atoms with van der Waals surface area (Å²) >= 11 is 0. The van der Waals surface area contributed by atoms with E-state index in [1.807, 2.05) is 0 Å². The van der Waals surface area contributed by atoms with Crippen molar-refractivity contribution in [1.82, 2.24) is 0 Å². The Labute approximate surface area is 235 Å². The Morgan fingerprint density at radius 3 is 2.32 bits per heavy atom. The summed E-state index contributed by atoms with van der Waals surface area (Å²) in [6.45, 7) is 21.4. The second-order valence-electron chi connectivity index (χ2n) is 15.9. The zero-order chi connectivity index (χ0) is 28.1. The smallest absolute Gasteiger partial charge is 0.305 e. The summed E-state index contributed by atoms with van der Waals surface area (Å²) in [6.07, 6.45) is 11.8. The SMILES string of the molecule is COC(=O)CCC(C)C1CCC2C3C(CCC12C)C1(C)CCC(=NO[Si](C)(C)C)C[C@H]1C[C@H]3O[Si](C)(C)C. The highest BCUT2D eigenvalue weighted by molar-refractivity contribution is 6.70. The van der Waals surface area contributed by atoms with E-state index in [2.05, 4.69) is 60.1 Å². The van der Waals surface area contributed by atoms with Gasteiger partial charge in [0.1, 0.15) is 0 Å². The molecule has 5 nitrogen and oxygen atoms in total. The number of carbonyl (C=O) groups excluding carboxylic acids is 1. The van der Waals surface area contributed by atoms with Gasteiger partial charge in [0.2, 0.25) is 0 Å². The quantitative estimate of drug-likeness (QED) is 0.169. The average molecular weight is 564 g/mol. The largest absolute Gasteiger partial charge is 0.469 e. The Morgan fingerprint density at radius 1 is 1.00 bits per heavy atom. The van der Waals surface area contributed by atoms with Gasteiger partial charge in [-0.15, -0.1) is 5.16 Å². The van der Waals surface area contributed by atoms with E-state index in [1.165, 1.54) is 51.3 Å². The van der Waals surface area contributed by atoms with Crippen LogP contribution in [-0.4, -0.2) is 41.5 Å². The Kier molecular flexibility index (Phi) is 8.74. The summed E-state index contributed by atoms with van der Waals surface area (Å²) < 4.78 is 18.1. The van der Waals surface area contributed by atoms with Gasteiger partial charge in [-0.3, -0.25) is 4.79 Å². The molecular weight excluding hydrogens is 507 g/mol. The monoisotopic (exact) mass is 563 g/mol. The number of esters is 1. The van der Waals surface area contributed by atoms with Crippen LogP contribution >= 0.6 is 0 Å². The molecule has 0 aromatic rings. The zero-order valence-corrected chi connectivity index (χ0v) is 28.2. The lowest BCUT2D eigenvalue weighted by molar-refractivity contribution is -0.153. The van der Waals surface area contributed by atoms with Gasteiger partial charge in [0.05, 0.1) is 12.8 Å². The summed E-state index contributed by atoms with van der Waals surface area (Å²) in [4.78, 5) is 11.9. The number of hydrogen-bond donors (Lipinski definition) is 0. The first-order chi connectivity index (χ1) is 17.6. The van der Waals surface area contributed by atoms with Gasteiger partial charge in [-0.05, 0) is 143 Å². The van der Waals surface area contributed by atoms with Crippen molar-refractivity contribution in [3.05, 3.63) is 0 Å². The molecule has 0 heterocycles. The van der Waals surface area contributed by atoms with Crippen LogP contribution in [0.1, 0.15) is 85.0 Å². The third-order valence-corrected chi connectivity index (χ3v) is 12.9. The molecule has 7 unspecified atom stereocenters. The maximum Gasteiger partial charge on any atom is 0.305 e. The lowest BCUT2D eigenvalue weighted by Crippen LogP contribution is -2.60. The van der Waals surface area contributed by atoms with E-state index < -0.39 is 16.6 Å². The summed E-state index contributed by atoms with van der Waals surface area (Å²) in [6, 6.07) is 0. The number of fused-ring (bicyclic) bond motifs is 5. The van der Waals surface area contributed by atoms with Crippen molar-refractivity contribution in [2.45, 2.75) is 130 Å². The number of oxime groups is 1. The third kappa shape index (κ3) is 6.14. The van der Waals surface area contributed by atoms with Crippen LogP contribution in [0.4, 0.5) is 0 Å². The molecule has 38 heavy (non-hydrogen) atoms. The topological polar surface area (TPSA) is 57.1 Å². The standard InChI is InChI=1S/C31H57NO4Si2/c1-21(11-14-28(33)34-4)24-12-13-25-29-26(16-18-31(24,25)3)30(2)17-15-23(32-36-38(8,9)10)19-22(30)20-27(29)35-37(5,6)7/h21-22,24-27,29H,11-20H2,1-10H3/t21?,22-,24?,25?,26?,27+,29?,30?,31?/m0/s1. The molecule has 0 amide bonds. The first kappa shape index (κ1) is 30.3. The van der Waals surface area contributed by atoms with Crippen LogP contribution in [0.3, 0.4) is 0 Å². The van der Waals surface area contributed by atoms with E-state index in [4.69, 9.17) is 18.8 Å². The summed E-state index contributed by atoms with van der Waals surface area (Å²) in [5.74, 6) is 3.97. The molecular formula is C31H57NO4Si2. The molecule has 4 fully saturated rings. The van der Waals surface area contributed by atoms with E-state index >= 15 is 0 Å². The van der Waals surface area contributed by atoms with E-state index in [9.17, 15) is 4.79 Å². The highest BCUT2D eigenvalue weighted by Gasteiger charge is 2.63. The van der Waals surface area contributed by atoms with Crippen molar-refractivity contribution in [1.29, 1.82) is 0 Å². The first-order valence-electron chi connectivity index (χ1n) is 15.6. The highest BCUT2D eigenvalue weighted by Crippen LogP contribution is 2.68. The van der Waals surface area contributed by atoms with Crippen LogP contribution in [0.2, 0.25) is 39.3 Å². The van der Waals surface area contributed by atoms with Crippen LogP contribution < -0.4 is 0 Å². The van der Waals surface area contributed by atoms with Gasteiger partial charge in [0, 0.05) is 12.5 Å². The molecule has 4 saturated carbocycles. The number of hydrogen-bond acceptors (Lipinski definition) is 5. The molecule has 9 atom stereocenters. The van der Waals surface area contributed by atoms with Crippen molar-refractivity contribution >= 4 is 28.3 Å². The minimum atomic E-state index is -1.70. The molecule has 0 bridgehead atoms. The molecule has 4 aliphatic carbocycles. The first-order valence-corrected chi connectivity index (χ1v) is 22.4. The van der Waals surface area contributed by atoms with Crippen LogP contribution in [0.5, 0.6) is 0 Å². The molecule has 0 N–H and O–H groups in total. The maximum atomic E-state index is 11.9. The molecule has 4 rings (SSSR count). The normalized spacial score (nSPS) is 41.2. The number of rotatable bonds is 8. The number of ether oxygens (including phenoxy) is 1. The number of methoxy groups -OCH3 is 1. The predicted molar refractivity (Wildman–Crippen MR) is 161 cm³/mol. The van der Waals surface area contributed by atoms with Crippen LogP contribution in [0.15, 0.2) is 5.16 Å². The molecule has 4 aliphatic rings. The average Bonchev–Trinajstić information content (AvgIpc) is 3.17.